The van der Waals surface area contributed by atoms with Gasteiger partial charge in [0.05, 0.1) is 0 Å². The largest absolute Gasteiger partial charge is 0.314 e. The van der Waals surface area contributed by atoms with Gasteiger partial charge in [-0.05, 0) is 31.3 Å². The van der Waals surface area contributed by atoms with Gasteiger partial charge in [0.2, 0.25) is 0 Å². The maximum absolute atomic E-state index is 11.7. The number of carbonyl (C=O) groups is 1. The molecule has 0 aromatic heterocycles. The van der Waals surface area contributed by atoms with Crippen molar-refractivity contribution in [2.75, 3.05) is 6.54 Å². The van der Waals surface area contributed by atoms with Crippen molar-refractivity contribution in [3.05, 3.63) is 11.6 Å². The summed E-state index contributed by atoms with van der Waals surface area (Å²) in [6.07, 6.45) is 7.32. The molecule has 0 bridgehead atoms. The topological polar surface area (TPSA) is 29.1 Å². The summed E-state index contributed by atoms with van der Waals surface area (Å²) in [4.78, 5) is 11.7. The number of rotatable bonds is 5. The minimum absolute atomic E-state index is 0.345. The van der Waals surface area contributed by atoms with Crippen molar-refractivity contribution in [2.24, 2.45) is 0 Å². The standard InChI is InChI=1S/C12H21NO/c1-10(2)13-9-8-12(14)11-6-4-3-5-7-11/h6,10,13H,3-5,7-9H2,1-2H3. The zero-order valence-corrected chi connectivity index (χ0v) is 9.31. The first kappa shape index (κ1) is 11.4. The third-order valence-electron chi connectivity index (χ3n) is 2.55. The van der Waals surface area contributed by atoms with Crippen LogP contribution in [0.4, 0.5) is 0 Å². The lowest BCUT2D eigenvalue weighted by Crippen LogP contribution is -2.25. The molecule has 0 aliphatic heterocycles. The average molecular weight is 195 g/mol. The van der Waals surface area contributed by atoms with Gasteiger partial charge in [0.15, 0.2) is 5.78 Å². The second-order valence-electron chi connectivity index (χ2n) is 4.26. The van der Waals surface area contributed by atoms with Crippen LogP contribution in [0.5, 0.6) is 0 Å². The first-order valence-electron chi connectivity index (χ1n) is 5.66. The molecule has 0 radical (unpaired) electrons. The summed E-state index contributed by atoms with van der Waals surface area (Å²) in [7, 11) is 0. The smallest absolute Gasteiger partial charge is 0.159 e. The second-order valence-corrected chi connectivity index (χ2v) is 4.26. The summed E-state index contributed by atoms with van der Waals surface area (Å²) in [5.74, 6) is 0.345. The van der Waals surface area contributed by atoms with E-state index in [0.29, 0.717) is 18.2 Å². The number of Topliss-reactive ketones (excluding diaryl/α,β-unsaturated/α-hetero) is 1. The van der Waals surface area contributed by atoms with Gasteiger partial charge in [-0.2, -0.15) is 0 Å². The molecule has 14 heavy (non-hydrogen) atoms. The van der Waals surface area contributed by atoms with E-state index >= 15 is 0 Å². The molecule has 80 valence electrons. The van der Waals surface area contributed by atoms with Crippen LogP contribution in [0.2, 0.25) is 0 Å². The fourth-order valence-electron chi connectivity index (χ4n) is 1.73. The molecule has 0 atom stereocenters. The quantitative estimate of drug-likeness (QED) is 0.730. The number of allylic oxidation sites excluding steroid dienone is 2. The average Bonchev–Trinajstić information content (AvgIpc) is 2.18. The Morgan fingerprint density at radius 3 is 2.86 bits per heavy atom. The van der Waals surface area contributed by atoms with Crippen LogP contribution in [0, 0.1) is 0 Å². The Kier molecular flexibility index (Phi) is 4.88. The first-order valence-corrected chi connectivity index (χ1v) is 5.66. The molecule has 1 aliphatic carbocycles. The predicted molar refractivity (Wildman–Crippen MR) is 59.3 cm³/mol. The van der Waals surface area contributed by atoms with Crippen molar-refractivity contribution in [1.82, 2.24) is 5.32 Å². The Morgan fingerprint density at radius 1 is 1.50 bits per heavy atom. The Labute approximate surface area is 86.8 Å². The predicted octanol–water partition coefficient (Wildman–Crippen LogP) is 2.44. The molecule has 0 fully saturated rings. The molecular formula is C12H21NO. The summed E-state index contributed by atoms with van der Waals surface area (Å²) in [5.41, 5.74) is 1.07. The van der Waals surface area contributed by atoms with Gasteiger partial charge in [0.25, 0.3) is 0 Å². The van der Waals surface area contributed by atoms with Gasteiger partial charge in [0, 0.05) is 19.0 Å². The summed E-state index contributed by atoms with van der Waals surface area (Å²) in [6.45, 7) is 5.02. The molecule has 2 nitrogen and oxygen atoms in total. The third kappa shape index (κ3) is 4.05. The lowest BCUT2D eigenvalue weighted by molar-refractivity contribution is -0.115. The van der Waals surface area contributed by atoms with Gasteiger partial charge in [-0.15, -0.1) is 0 Å². The highest BCUT2D eigenvalue weighted by Crippen LogP contribution is 2.18. The summed E-state index contributed by atoms with van der Waals surface area (Å²) >= 11 is 0. The minimum atomic E-state index is 0.345. The number of carbonyl (C=O) groups excluding carboxylic acids is 1. The number of ketones is 1. The van der Waals surface area contributed by atoms with Gasteiger partial charge in [-0.1, -0.05) is 19.9 Å². The fraction of sp³-hybridized carbons (Fsp3) is 0.750. The number of nitrogens with one attached hydrogen (secondary N) is 1. The van der Waals surface area contributed by atoms with Crippen molar-refractivity contribution < 1.29 is 4.79 Å². The van der Waals surface area contributed by atoms with Crippen LogP contribution in [-0.4, -0.2) is 18.4 Å². The first-order chi connectivity index (χ1) is 6.70. The molecule has 0 spiro atoms. The van der Waals surface area contributed by atoms with E-state index in [-0.39, 0.29) is 0 Å². The van der Waals surface area contributed by atoms with E-state index in [1.165, 1.54) is 12.8 Å². The maximum Gasteiger partial charge on any atom is 0.159 e. The van der Waals surface area contributed by atoms with Crippen molar-refractivity contribution in [3.63, 3.8) is 0 Å². The van der Waals surface area contributed by atoms with Crippen molar-refractivity contribution in [2.45, 2.75) is 52.0 Å². The Morgan fingerprint density at radius 2 is 2.29 bits per heavy atom. The molecule has 0 aromatic carbocycles. The Bertz CT molecular complexity index is 218. The highest BCUT2D eigenvalue weighted by atomic mass is 16.1. The summed E-state index contributed by atoms with van der Waals surface area (Å²) in [6, 6.07) is 0.475. The minimum Gasteiger partial charge on any atom is -0.314 e. The van der Waals surface area contributed by atoms with Gasteiger partial charge in [-0.3, -0.25) is 4.79 Å². The van der Waals surface area contributed by atoms with Crippen molar-refractivity contribution in [1.29, 1.82) is 0 Å². The van der Waals surface area contributed by atoms with Gasteiger partial charge in [-0.25, -0.2) is 0 Å². The second kappa shape index (κ2) is 5.97. The van der Waals surface area contributed by atoms with E-state index in [2.05, 4.69) is 25.2 Å². The fourth-order valence-corrected chi connectivity index (χ4v) is 1.73. The van der Waals surface area contributed by atoms with E-state index in [1.54, 1.807) is 0 Å². The van der Waals surface area contributed by atoms with Crippen LogP contribution in [0.15, 0.2) is 11.6 Å². The van der Waals surface area contributed by atoms with E-state index in [4.69, 9.17) is 0 Å². The zero-order chi connectivity index (χ0) is 10.4. The highest BCUT2D eigenvalue weighted by molar-refractivity contribution is 5.95. The van der Waals surface area contributed by atoms with E-state index in [9.17, 15) is 4.79 Å². The van der Waals surface area contributed by atoms with Crippen LogP contribution in [-0.2, 0) is 4.79 Å². The third-order valence-corrected chi connectivity index (χ3v) is 2.55. The van der Waals surface area contributed by atoms with Crippen LogP contribution in [0.25, 0.3) is 0 Å². The Hall–Kier alpha value is -0.630. The molecule has 0 saturated heterocycles. The van der Waals surface area contributed by atoms with E-state index in [1.807, 2.05) is 0 Å². The molecule has 1 aliphatic rings. The summed E-state index contributed by atoms with van der Waals surface area (Å²) < 4.78 is 0. The van der Waals surface area contributed by atoms with Crippen LogP contribution in [0.1, 0.15) is 46.0 Å². The van der Waals surface area contributed by atoms with Crippen LogP contribution in [0.3, 0.4) is 0 Å². The molecule has 2 heteroatoms. The molecule has 0 aromatic rings. The molecule has 0 amide bonds. The maximum atomic E-state index is 11.7. The summed E-state index contributed by atoms with van der Waals surface area (Å²) in [5, 5.41) is 3.27. The van der Waals surface area contributed by atoms with Crippen LogP contribution >= 0.6 is 0 Å². The lowest BCUT2D eigenvalue weighted by Gasteiger charge is -2.12. The van der Waals surface area contributed by atoms with Crippen molar-refractivity contribution >= 4 is 5.78 Å². The van der Waals surface area contributed by atoms with Crippen molar-refractivity contribution in [3.8, 4) is 0 Å². The van der Waals surface area contributed by atoms with E-state index in [0.717, 1.165) is 25.0 Å². The molecular weight excluding hydrogens is 174 g/mol. The molecule has 0 heterocycles. The molecule has 1 rings (SSSR count). The van der Waals surface area contributed by atoms with Gasteiger partial charge >= 0.3 is 0 Å². The molecule has 1 N–H and O–H groups in total. The lowest BCUT2D eigenvalue weighted by atomic mass is 9.95. The molecule has 0 saturated carbocycles. The Balaban J connectivity index is 2.24. The van der Waals surface area contributed by atoms with Crippen LogP contribution < -0.4 is 5.32 Å². The number of hydrogen-bond donors (Lipinski definition) is 1. The highest BCUT2D eigenvalue weighted by Gasteiger charge is 2.11. The SMILES string of the molecule is CC(C)NCCC(=O)C1=CCCCC1. The van der Waals surface area contributed by atoms with E-state index < -0.39 is 0 Å². The monoisotopic (exact) mass is 195 g/mol. The van der Waals surface area contributed by atoms with Gasteiger partial charge in [0.1, 0.15) is 0 Å². The number of hydrogen-bond acceptors (Lipinski definition) is 2. The molecule has 0 unspecified atom stereocenters. The van der Waals surface area contributed by atoms with Gasteiger partial charge < -0.3 is 5.32 Å². The zero-order valence-electron chi connectivity index (χ0n) is 9.31. The normalized spacial score (nSPS) is 16.9.